The van der Waals surface area contributed by atoms with Gasteiger partial charge in [0, 0.05) is 31.4 Å². The monoisotopic (exact) mass is 449 g/mol. The van der Waals surface area contributed by atoms with Gasteiger partial charge in [-0.3, -0.25) is 14.5 Å². The highest BCUT2D eigenvalue weighted by Crippen LogP contribution is 2.34. The van der Waals surface area contributed by atoms with Gasteiger partial charge in [0.2, 0.25) is 11.8 Å². The molecule has 0 atom stereocenters. The summed E-state index contributed by atoms with van der Waals surface area (Å²) in [4.78, 5) is 28.1. The first-order valence-electron chi connectivity index (χ1n) is 10.2. The first kappa shape index (κ1) is 23.6. The maximum atomic E-state index is 13.3. The van der Waals surface area contributed by atoms with Gasteiger partial charge in [-0.25, -0.2) is 0 Å². The number of benzene rings is 2. The number of nitrogens with one attached hydrogen (secondary N) is 1. The molecule has 0 spiro atoms. The minimum Gasteiger partial charge on any atom is -0.497 e. The second-order valence-corrected chi connectivity index (χ2v) is 7.82. The highest BCUT2D eigenvalue weighted by atomic mass is 19.4. The molecule has 0 heterocycles. The van der Waals surface area contributed by atoms with Crippen molar-refractivity contribution in [2.24, 2.45) is 0 Å². The summed E-state index contributed by atoms with van der Waals surface area (Å²) in [6.45, 7) is -0.205. The summed E-state index contributed by atoms with van der Waals surface area (Å²) >= 11 is 0. The molecule has 0 aromatic heterocycles. The number of hydrogen-bond donors (Lipinski definition) is 1. The zero-order valence-corrected chi connectivity index (χ0v) is 18.0. The minimum absolute atomic E-state index is 0.0237. The standard InChI is InChI=1S/C23H26F3N3O3/c1-28(14-21(30)27-17-7-5-8-19(12-17)32-2)22(31)15-29(18-10-11-18)13-16-6-3-4-9-20(16)23(24,25)26/h3-9,12,18H,10-11,13-15H2,1-2H3,(H,27,30). The smallest absolute Gasteiger partial charge is 0.416 e. The van der Waals surface area contributed by atoms with Crippen LogP contribution in [-0.4, -0.2) is 54.9 Å². The zero-order chi connectivity index (χ0) is 23.3. The fourth-order valence-electron chi connectivity index (χ4n) is 3.41. The van der Waals surface area contributed by atoms with Gasteiger partial charge in [-0.15, -0.1) is 0 Å². The topological polar surface area (TPSA) is 61.9 Å². The van der Waals surface area contributed by atoms with Gasteiger partial charge in [-0.2, -0.15) is 13.2 Å². The van der Waals surface area contributed by atoms with Crippen LogP contribution in [0.25, 0.3) is 0 Å². The van der Waals surface area contributed by atoms with E-state index >= 15 is 0 Å². The van der Waals surface area contributed by atoms with E-state index in [1.807, 2.05) is 0 Å². The molecule has 9 heteroatoms. The molecule has 1 N–H and O–H groups in total. The Morgan fingerprint density at radius 1 is 1.09 bits per heavy atom. The molecule has 0 saturated heterocycles. The van der Waals surface area contributed by atoms with E-state index < -0.39 is 11.7 Å². The number of carbonyl (C=O) groups excluding carboxylic acids is 2. The highest BCUT2D eigenvalue weighted by molar-refractivity contribution is 5.94. The number of anilines is 1. The molecule has 2 aromatic rings. The number of rotatable bonds is 9. The van der Waals surface area contributed by atoms with Crippen LogP contribution < -0.4 is 10.1 Å². The van der Waals surface area contributed by atoms with Gasteiger partial charge >= 0.3 is 6.18 Å². The first-order chi connectivity index (χ1) is 15.2. The fraction of sp³-hybridized carbons (Fsp3) is 0.391. The number of hydrogen-bond acceptors (Lipinski definition) is 4. The molecule has 6 nitrogen and oxygen atoms in total. The van der Waals surface area contributed by atoms with Crippen molar-refractivity contribution in [3.63, 3.8) is 0 Å². The van der Waals surface area contributed by atoms with Crippen molar-refractivity contribution >= 4 is 17.5 Å². The van der Waals surface area contributed by atoms with Crippen molar-refractivity contribution in [1.82, 2.24) is 9.80 Å². The van der Waals surface area contributed by atoms with Gasteiger partial charge in [-0.05, 0) is 36.6 Å². The molecule has 32 heavy (non-hydrogen) atoms. The lowest BCUT2D eigenvalue weighted by atomic mass is 10.1. The fourth-order valence-corrected chi connectivity index (χ4v) is 3.41. The van der Waals surface area contributed by atoms with Crippen molar-refractivity contribution < 1.29 is 27.5 Å². The predicted molar refractivity (Wildman–Crippen MR) is 114 cm³/mol. The summed E-state index contributed by atoms with van der Waals surface area (Å²) in [6.07, 6.45) is -2.78. The SMILES string of the molecule is COc1cccc(NC(=O)CN(C)C(=O)CN(Cc2ccccc2C(F)(F)F)C2CC2)c1. The van der Waals surface area contributed by atoms with Gasteiger partial charge in [-0.1, -0.05) is 24.3 Å². The molecular weight excluding hydrogens is 423 g/mol. The molecule has 1 saturated carbocycles. The van der Waals surface area contributed by atoms with E-state index in [0.29, 0.717) is 11.4 Å². The Morgan fingerprint density at radius 3 is 2.47 bits per heavy atom. The van der Waals surface area contributed by atoms with Gasteiger partial charge in [0.05, 0.1) is 25.8 Å². The van der Waals surface area contributed by atoms with E-state index in [9.17, 15) is 22.8 Å². The Labute approximate surface area is 184 Å². The van der Waals surface area contributed by atoms with E-state index in [2.05, 4.69) is 5.32 Å². The lowest BCUT2D eigenvalue weighted by Gasteiger charge is -2.26. The Morgan fingerprint density at radius 2 is 1.81 bits per heavy atom. The highest BCUT2D eigenvalue weighted by Gasteiger charge is 2.36. The number of carbonyl (C=O) groups is 2. The number of nitrogens with zero attached hydrogens (tertiary/aromatic N) is 2. The summed E-state index contributed by atoms with van der Waals surface area (Å²) in [5.41, 5.74) is -0.0131. The van der Waals surface area contributed by atoms with Crippen LogP contribution in [0.4, 0.5) is 18.9 Å². The van der Waals surface area contributed by atoms with Gasteiger partial charge in [0.15, 0.2) is 0 Å². The number of amides is 2. The van der Waals surface area contributed by atoms with Crippen LogP contribution in [0.3, 0.4) is 0 Å². The van der Waals surface area contributed by atoms with Gasteiger partial charge < -0.3 is 15.0 Å². The van der Waals surface area contributed by atoms with Crippen LogP contribution in [0.5, 0.6) is 5.75 Å². The van der Waals surface area contributed by atoms with E-state index in [1.165, 1.54) is 31.2 Å². The molecule has 172 valence electrons. The maximum absolute atomic E-state index is 13.3. The van der Waals surface area contributed by atoms with Crippen LogP contribution in [0.15, 0.2) is 48.5 Å². The normalized spacial score (nSPS) is 13.7. The lowest BCUT2D eigenvalue weighted by molar-refractivity contribution is -0.138. The minimum atomic E-state index is -4.45. The Hall–Kier alpha value is -3.07. The van der Waals surface area contributed by atoms with E-state index in [4.69, 9.17) is 4.74 Å². The largest absolute Gasteiger partial charge is 0.497 e. The number of methoxy groups -OCH3 is 1. The molecule has 2 amide bonds. The third-order valence-corrected chi connectivity index (χ3v) is 5.26. The average Bonchev–Trinajstić information content (AvgIpc) is 3.58. The van der Waals surface area contributed by atoms with Gasteiger partial charge in [0.25, 0.3) is 0 Å². The summed E-state index contributed by atoms with van der Waals surface area (Å²) in [5.74, 6) is -0.122. The van der Waals surface area contributed by atoms with Crippen molar-refractivity contribution in [3.05, 3.63) is 59.7 Å². The molecule has 2 aromatic carbocycles. The molecule has 1 aliphatic carbocycles. The van der Waals surface area contributed by atoms with E-state index in [-0.39, 0.29) is 43.1 Å². The summed E-state index contributed by atoms with van der Waals surface area (Å²) in [7, 11) is 3.02. The van der Waals surface area contributed by atoms with Crippen molar-refractivity contribution in [2.75, 3.05) is 32.6 Å². The quantitative estimate of drug-likeness (QED) is 0.633. The predicted octanol–water partition coefficient (Wildman–Crippen LogP) is 3.78. The van der Waals surface area contributed by atoms with Crippen LogP contribution in [0, 0.1) is 0 Å². The Bertz CT molecular complexity index is 961. The third-order valence-electron chi connectivity index (χ3n) is 5.26. The van der Waals surface area contributed by atoms with E-state index in [0.717, 1.165) is 18.9 Å². The zero-order valence-electron chi connectivity index (χ0n) is 18.0. The second-order valence-electron chi connectivity index (χ2n) is 7.82. The molecule has 0 radical (unpaired) electrons. The third kappa shape index (κ3) is 6.46. The van der Waals surface area contributed by atoms with Crippen molar-refractivity contribution in [3.8, 4) is 5.75 Å². The van der Waals surface area contributed by atoms with E-state index in [1.54, 1.807) is 35.2 Å². The molecule has 0 bridgehead atoms. The molecular formula is C23H26F3N3O3. The number of alkyl halides is 3. The Balaban J connectivity index is 1.60. The average molecular weight is 449 g/mol. The maximum Gasteiger partial charge on any atom is 0.416 e. The lowest BCUT2D eigenvalue weighted by Crippen LogP contribution is -2.42. The first-order valence-corrected chi connectivity index (χ1v) is 10.2. The molecule has 1 fully saturated rings. The molecule has 0 aliphatic heterocycles. The van der Waals surface area contributed by atoms with Crippen molar-refractivity contribution in [2.45, 2.75) is 31.6 Å². The molecule has 0 unspecified atom stereocenters. The van der Waals surface area contributed by atoms with Crippen molar-refractivity contribution in [1.29, 1.82) is 0 Å². The molecule has 3 rings (SSSR count). The number of likely N-dealkylation sites (N-methyl/N-ethyl adjacent to an activating group) is 1. The molecule has 1 aliphatic rings. The summed E-state index contributed by atoms with van der Waals surface area (Å²) in [6, 6.07) is 12.3. The summed E-state index contributed by atoms with van der Waals surface area (Å²) in [5, 5.41) is 2.70. The van der Waals surface area contributed by atoms with Crippen LogP contribution in [-0.2, 0) is 22.3 Å². The van der Waals surface area contributed by atoms with Crippen LogP contribution in [0.1, 0.15) is 24.0 Å². The van der Waals surface area contributed by atoms with Gasteiger partial charge in [0.1, 0.15) is 5.75 Å². The number of ether oxygens (including phenoxy) is 1. The van der Waals surface area contributed by atoms with Crippen LogP contribution in [0.2, 0.25) is 0 Å². The summed E-state index contributed by atoms with van der Waals surface area (Å²) < 4.78 is 45.1. The Kier molecular flexibility index (Phi) is 7.40. The number of halogens is 3. The van der Waals surface area contributed by atoms with Crippen LogP contribution >= 0.6 is 0 Å². The second kappa shape index (κ2) is 10.0.